The average molecular weight is 913 g/mol. The number of nitrogens with zero attached hydrogens (tertiary/aromatic N) is 1. The first kappa shape index (κ1) is 51.7. The molecule has 0 bridgehead atoms. The van der Waals surface area contributed by atoms with Gasteiger partial charge in [0.1, 0.15) is 49.2 Å². The summed E-state index contributed by atoms with van der Waals surface area (Å²) in [5.74, 6) is -4.22. The van der Waals surface area contributed by atoms with E-state index < -0.39 is 77.8 Å². The Balaban J connectivity index is 1.61. The quantitative estimate of drug-likeness (QED) is 0.0615. The molecule has 0 spiro atoms. The number of rotatable bonds is 15. The summed E-state index contributed by atoms with van der Waals surface area (Å²) in [6, 6.07) is 18.2. The summed E-state index contributed by atoms with van der Waals surface area (Å²) in [4.78, 5) is 100. The summed E-state index contributed by atoms with van der Waals surface area (Å²) in [6.07, 6.45) is -1.39. The van der Waals surface area contributed by atoms with E-state index in [1.165, 1.54) is 12.1 Å². The van der Waals surface area contributed by atoms with Gasteiger partial charge in [0.25, 0.3) is 0 Å². The minimum Gasteiger partial charge on any atom is -0.508 e. The smallest absolute Gasteiger partial charge is 0.414 e. The Labute approximate surface area is 385 Å². The first-order valence-corrected chi connectivity index (χ1v) is 22.3. The maximum Gasteiger partial charge on any atom is 0.414 e. The molecule has 3 aromatic rings. The number of nitrogens with one attached hydrogen (secondary N) is 7. The summed E-state index contributed by atoms with van der Waals surface area (Å²) < 4.78 is 10.7. The van der Waals surface area contributed by atoms with E-state index in [0.29, 0.717) is 5.56 Å². The topological polar surface area (TPSA) is 255 Å². The highest BCUT2D eigenvalue weighted by Gasteiger charge is 2.36. The molecule has 1 heterocycles. The number of phenols is 1. The Morgan fingerprint density at radius 1 is 0.576 bits per heavy atom. The molecule has 1 fully saturated rings. The number of carbonyl (C=O) groups is 7. The van der Waals surface area contributed by atoms with Crippen molar-refractivity contribution in [3.63, 3.8) is 0 Å². The molecule has 0 aliphatic carbocycles. The molecular weight excluding hydrogens is 849 g/mol. The lowest BCUT2D eigenvalue weighted by Crippen LogP contribution is -2.59. The third-order valence-corrected chi connectivity index (χ3v) is 10.4. The van der Waals surface area contributed by atoms with E-state index in [2.05, 4.69) is 42.2 Å². The van der Waals surface area contributed by atoms with Gasteiger partial charge in [0.05, 0.1) is 0 Å². The van der Waals surface area contributed by atoms with Gasteiger partial charge in [0.2, 0.25) is 35.5 Å². The minimum atomic E-state index is -1.26. The number of amides is 7. The van der Waals surface area contributed by atoms with Crippen LogP contribution in [0, 0.1) is 17.8 Å². The van der Waals surface area contributed by atoms with Gasteiger partial charge in [0.15, 0.2) is 0 Å². The number of alkyl carbamates (subject to hydrolysis) is 2. The second-order valence-electron chi connectivity index (χ2n) is 17.4. The van der Waals surface area contributed by atoms with Crippen LogP contribution in [0.4, 0.5) is 9.59 Å². The monoisotopic (exact) mass is 912 g/mol. The SMILES string of the molecule is CC(C)C[C@@H]1NC(=O)[C@H](CCCN=C(NC(=O)OCc2ccccc2)NC(=O)OCc2ccccc2)NC(=O)[C@H](C(C)C)NC(=O)[C@H](CC(C)C)NC(=O)[C@@H](Cc2ccc(O)cc2)NC1=O. The highest BCUT2D eigenvalue weighted by molar-refractivity contribution is 6.01. The molecule has 18 nitrogen and oxygen atoms in total. The van der Waals surface area contributed by atoms with E-state index in [-0.39, 0.29) is 75.4 Å². The average Bonchev–Trinajstić information content (AvgIpc) is 3.27. The number of hydrogen-bond acceptors (Lipinski definition) is 11. The second kappa shape index (κ2) is 26.1. The van der Waals surface area contributed by atoms with Crippen LogP contribution in [0.2, 0.25) is 0 Å². The van der Waals surface area contributed by atoms with Gasteiger partial charge in [0, 0.05) is 13.0 Å². The lowest BCUT2D eigenvalue weighted by Gasteiger charge is -2.28. The van der Waals surface area contributed by atoms with Gasteiger partial charge in [-0.1, -0.05) is 114 Å². The molecule has 8 N–H and O–H groups in total. The maximum atomic E-state index is 14.2. The van der Waals surface area contributed by atoms with Gasteiger partial charge in [-0.2, -0.15) is 0 Å². The van der Waals surface area contributed by atoms with Crippen molar-refractivity contribution >= 4 is 47.7 Å². The fourth-order valence-electron chi connectivity index (χ4n) is 6.93. The lowest BCUT2D eigenvalue weighted by molar-refractivity contribution is -0.135. The predicted octanol–water partition coefficient (Wildman–Crippen LogP) is 4.11. The minimum absolute atomic E-state index is 0.00474. The van der Waals surface area contributed by atoms with Gasteiger partial charge in [-0.05, 0) is 72.3 Å². The molecule has 66 heavy (non-hydrogen) atoms. The van der Waals surface area contributed by atoms with Crippen LogP contribution in [0.3, 0.4) is 0 Å². The third kappa shape index (κ3) is 17.9. The van der Waals surface area contributed by atoms with Crippen LogP contribution in [0.25, 0.3) is 0 Å². The Hall–Kier alpha value is -6.98. The number of hydrogen-bond donors (Lipinski definition) is 8. The van der Waals surface area contributed by atoms with Crippen LogP contribution >= 0.6 is 0 Å². The first-order chi connectivity index (χ1) is 31.5. The summed E-state index contributed by atoms with van der Waals surface area (Å²) in [5, 5.41) is 28.7. The molecule has 356 valence electrons. The molecular formula is C48H64N8O10. The normalized spacial score (nSPS) is 19.5. The van der Waals surface area contributed by atoms with Crippen LogP contribution in [-0.4, -0.2) is 89.5 Å². The summed E-state index contributed by atoms with van der Waals surface area (Å²) in [5.41, 5.74) is 2.06. The molecule has 7 amide bonds. The number of carbonyl (C=O) groups excluding carboxylic acids is 7. The van der Waals surface area contributed by atoms with Crippen molar-refractivity contribution in [3.05, 3.63) is 102 Å². The number of phenolic OH excluding ortho intramolecular Hbond substituents is 1. The predicted molar refractivity (Wildman–Crippen MR) is 246 cm³/mol. The molecule has 3 aromatic carbocycles. The largest absolute Gasteiger partial charge is 0.508 e. The highest BCUT2D eigenvalue weighted by Crippen LogP contribution is 2.15. The molecule has 4 rings (SSSR count). The first-order valence-electron chi connectivity index (χ1n) is 22.3. The molecule has 1 aliphatic rings. The van der Waals surface area contributed by atoms with Crippen molar-refractivity contribution in [1.82, 2.24) is 37.2 Å². The van der Waals surface area contributed by atoms with Gasteiger partial charge in [-0.15, -0.1) is 0 Å². The number of guanidine groups is 1. The Morgan fingerprint density at radius 3 is 1.50 bits per heavy atom. The van der Waals surface area contributed by atoms with Gasteiger partial charge in [-0.25, -0.2) is 9.59 Å². The fourth-order valence-corrected chi connectivity index (χ4v) is 6.93. The molecule has 0 saturated carbocycles. The molecule has 0 radical (unpaired) electrons. The zero-order valence-corrected chi connectivity index (χ0v) is 38.4. The standard InChI is InChI=1S/C48H64N8O10/c1-29(2)24-37-42(59)53-39(26-32-19-21-35(57)22-20-32)43(60)52-38(25-30(3)4)44(61)54-40(31(5)6)45(62)50-36(41(58)51-37)18-13-23-49-46(55-47(63)65-27-33-14-9-7-10-15-33)56-48(64)66-28-34-16-11-8-12-17-34/h7-12,14-17,19-22,29-31,36-40,57H,13,18,23-28H2,1-6H3,(H,50,62)(H,51,58)(H,52,60)(H,53,59)(H,54,61)(H2,49,55,56,63,64)/t36-,37-,38-,39+,40-/m0/s1. The van der Waals surface area contributed by atoms with Gasteiger partial charge in [-0.3, -0.25) is 39.6 Å². The van der Waals surface area contributed by atoms with E-state index in [1.54, 1.807) is 74.5 Å². The summed E-state index contributed by atoms with van der Waals surface area (Å²) in [7, 11) is 0. The maximum absolute atomic E-state index is 14.2. The van der Waals surface area contributed by atoms with E-state index in [1.807, 2.05) is 39.8 Å². The molecule has 0 aromatic heterocycles. The molecule has 18 heteroatoms. The zero-order chi connectivity index (χ0) is 48.2. The Bertz CT molecular complexity index is 2060. The number of aliphatic imine (C=N–C) groups is 1. The zero-order valence-electron chi connectivity index (χ0n) is 38.4. The molecule has 0 unspecified atom stereocenters. The number of benzene rings is 3. The highest BCUT2D eigenvalue weighted by atomic mass is 16.6. The van der Waals surface area contributed by atoms with Crippen LogP contribution in [-0.2, 0) is 53.1 Å². The lowest BCUT2D eigenvalue weighted by atomic mass is 9.98. The van der Waals surface area contributed by atoms with Crippen LogP contribution in [0.1, 0.15) is 83.9 Å². The van der Waals surface area contributed by atoms with Gasteiger partial charge >= 0.3 is 12.2 Å². The number of ether oxygens (including phenoxy) is 2. The third-order valence-electron chi connectivity index (χ3n) is 10.4. The van der Waals surface area contributed by atoms with Crippen molar-refractivity contribution in [2.45, 2.75) is 117 Å². The van der Waals surface area contributed by atoms with Gasteiger partial charge < -0.3 is 41.2 Å². The number of aromatic hydroxyl groups is 1. The van der Waals surface area contributed by atoms with E-state index in [0.717, 1.165) is 11.1 Å². The summed E-state index contributed by atoms with van der Waals surface area (Å²) in [6.45, 7) is 10.7. The van der Waals surface area contributed by atoms with Crippen molar-refractivity contribution in [2.24, 2.45) is 22.7 Å². The van der Waals surface area contributed by atoms with Crippen molar-refractivity contribution < 1.29 is 48.1 Å². The van der Waals surface area contributed by atoms with Crippen LogP contribution in [0.5, 0.6) is 5.75 Å². The molecule has 5 atom stereocenters. The van der Waals surface area contributed by atoms with E-state index in [4.69, 9.17) is 9.47 Å². The second-order valence-corrected chi connectivity index (χ2v) is 17.4. The van der Waals surface area contributed by atoms with E-state index in [9.17, 15) is 38.7 Å². The fraction of sp³-hybridized carbons (Fsp3) is 0.458. The van der Waals surface area contributed by atoms with Crippen LogP contribution < -0.4 is 37.2 Å². The van der Waals surface area contributed by atoms with E-state index >= 15 is 0 Å². The molecule has 1 saturated heterocycles. The Morgan fingerprint density at radius 2 is 1.02 bits per heavy atom. The van der Waals surface area contributed by atoms with Crippen molar-refractivity contribution in [3.8, 4) is 5.75 Å². The Kier molecular flexibility index (Phi) is 20.4. The van der Waals surface area contributed by atoms with Crippen molar-refractivity contribution in [1.29, 1.82) is 0 Å². The molecule has 1 aliphatic heterocycles. The summed E-state index contributed by atoms with van der Waals surface area (Å²) >= 11 is 0. The van der Waals surface area contributed by atoms with Crippen LogP contribution in [0.15, 0.2) is 89.9 Å². The van der Waals surface area contributed by atoms with Crippen molar-refractivity contribution in [2.75, 3.05) is 6.54 Å².